The van der Waals surface area contributed by atoms with Crippen LogP contribution in [0.2, 0.25) is 0 Å². The molecule has 1 amide bonds. The molecule has 1 aromatic carbocycles. The number of nitrogens with one attached hydrogen (secondary N) is 1. The molecule has 124 valence electrons. The highest BCUT2D eigenvalue weighted by Crippen LogP contribution is 2.15. The van der Waals surface area contributed by atoms with Crippen LogP contribution in [0.3, 0.4) is 0 Å². The normalized spacial score (nSPS) is 10.5. The lowest BCUT2D eigenvalue weighted by Crippen LogP contribution is -2.13. The van der Waals surface area contributed by atoms with Gasteiger partial charge in [-0.2, -0.15) is 0 Å². The molecule has 0 atom stereocenters. The standard InChI is InChI=1S/C18H18N2O3S/c1-2-23-18(22)11-8-14-6-9-15(10-7-14)20-16(21)13-24-17-5-3-4-12-19-17/h3-12H,2,13H2,1H3,(H,20,21)/b11-8+. The summed E-state index contributed by atoms with van der Waals surface area (Å²) >= 11 is 1.38. The van der Waals surface area contributed by atoms with Crippen LogP contribution in [0.4, 0.5) is 5.69 Å². The lowest BCUT2D eigenvalue weighted by Gasteiger charge is -2.05. The molecule has 0 radical (unpaired) electrons. The summed E-state index contributed by atoms with van der Waals surface area (Å²) in [7, 11) is 0. The van der Waals surface area contributed by atoms with E-state index in [2.05, 4.69) is 10.3 Å². The molecular weight excluding hydrogens is 324 g/mol. The summed E-state index contributed by atoms with van der Waals surface area (Å²) in [6.45, 7) is 2.11. The molecule has 6 heteroatoms. The summed E-state index contributed by atoms with van der Waals surface area (Å²) in [6, 6.07) is 12.8. The Hall–Kier alpha value is -2.60. The maximum Gasteiger partial charge on any atom is 0.330 e. The van der Waals surface area contributed by atoms with Gasteiger partial charge in [-0.05, 0) is 42.8 Å². The third-order valence-corrected chi connectivity index (χ3v) is 3.83. The zero-order chi connectivity index (χ0) is 17.2. The number of carbonyl (C=O) groups excluding carboxylic acids is 2. The van der Waals surface area contributed by atoms with Crippen LogP contribution in [0.5, 0.6) is 0 Å². The van der Waals surface area contributed by atoms with Gasteiger partial charge in [-0.25, -0.2) is 9.78 Å². The summed E-state index contributed by atoms with van der Waals surface area (Å²) in [5.74, 6) is -0.177. The third kappa shape index (κ3) is 6.26. The summed E-state index contributed by atoms with van der Waals surface area (Å²) in [6.07, 6.45) is 4.74. The van der Waals surface area contributed by atoms with Crippen molar-refractivity contribution in [3.63, 3.8) is 0 Å². The van der Waals surface area contributed by atoms with Crippen LogP contribution in [-0.4, -0.2) is 29.2 Å². The van der Waals surface area contributed by atoms with Crippen LogP contribution in [0.25, 0.3) is 6.08 Å². The van der Waals surface area contributed by atoms with E-state index >= 15 is 0 Å². The summed E-state index contributed by atoms with van der Waals surface area (Å²) in [5, 5.41) is 3.63. The second kappa shape index (κ2) is 9.52. The Balaban J connectivity index is 1.82. The topological polar surface area (TPSA) is 68.3 Å². The lowest BCUT2D eigenvalue weighted by atomic mass is 10.2. The van der Waals surface area contributed by atoms with Crippen LogP contribution >= 0.6 is 11.8 Å². The number of nitrogens with zero attached hydrogens (tertiary/aromatic N) is 1. The van der Waals surface area contributed by atoms with Crippen molar-refractivity contribution in [1.82, 2.24) is 4.98 Å². The summed E-state index contributed by atoms with van der Waals surface area (Å²) in [5.41, 5.74) is 1.55. The average molecular weight is 342 g/mol. The molecule has 0 bridgehead atoms. The van der Waals surface area contributed by atoms with E-state index in [1.165, 1.54) is 17.8 Å². The zero-order valence-corrected chi connectivity index (χ0v) is 14.1. The van der Waals surface area contributed by atoms with Crippen LogP contribution in [0.1, 0.15) is 12.5 Å². The Morgan fingerprint density at radius 3 is 2.67 bits per heavy atom. The Bertz CT molecular complexity index is 700. The number of carbonyl (C=O) groups is 2. The summed E-state index contributed by atoms with van der Waals surface area (Å²) in [4.78, 5) is 27.3. The first-order valence-corrected chi connectivity index (χ1v) is 8.44. The van der Waals surface area contributed by atoms with Crippen molar-refractivity contribution in [3.05, 3.63) is 60.3 Å². The average Bonchev–Trinajstić information content (AvgIpc) is 2.60. The second-order valence-electron chi connectivity index (χ2n) is 4.71. The number of anilines is 1. The molecule has 0 spiro atoms. The molecule has 0 fully saturated rings. The number of amides is 1. The van der Waals surface area contributed by atoms with E-state index in [1.54, 1.807) is 31.3 Å². The SMILES string of the molecule is CCOC(=O)/C=C/c1ccc(NC(=O)CSc2ccccn2)cc1. The molecule has 24 heavy (non-hydrogen) atoms. The molecular formula is C18H18N2O3S. The highest BCUT2D eigenvalue weighted by molar-refractivity contribution is 7.99. The van der Waals surface area contributed by atoms with E-state index in [0.29, 0.717) is 18.0 Å². The van der Waals surface area contributed by atoms with Crippen molar-refractivity contribution in [1.29, 1.82) is 0 Å². The maximum atomic E-state index is 11.9. The molecule has 2 aromatic rings. The number of aromatic nitrogens is 1. The van der Waals surface area contributed by atoms with Gasteiger partial charge in [0.15, 0.2) is 0 Å². The molecule has 0 saturated carbocycles. The van der Waals surface area contributed by atoms with Gasteiger partial charge in [-0.3, -0.25) is 4.79 Å². The minimum Gasteiger partial charge on any atom is -0.463 e. The van der Waals surface area contributed by atoms with Gasteiger partial charge in [0.2, 0.25) is 5.91 Å². The van der Waals surface area contributed by atoms with Crippen LogP contribution in [-0.2, 0) is 14.3 Å². The van der Waals surface area contributed by atoms with E-state index < -0.39 is 0 Å². The molecule has 0 aliphatic rings. The number of benzene rings is 1. The first kappa shape index (κ1) is 17.7. The Morgan fingerprint density at radius 1 is 1.21 bits per heavy atom. The van der Waals surface area contributed by atoms with Crippen LogP contribution < -0.4 is 5.32 Å². The molecule has 0 aliphatic heterocycles. The van der Waals surface area contributed by atoms with Crippen LogP contribution in [0.15, 0.2) is 59.8 Å². The minimum absolute atomic E-state index is 0.0968. The summed E-state index contributed by atoms with van der Waals surface area (Å²) < 4.78 is 4.81. The molecule has 1 heterocycles. The van der Waals surface area contributed by atoms with Gasteiger partial charge in [-0.1, -0.05) is 30.0 Å². The number of hydrogen-bond acceptors (Lipinski definition) is 5. The second-order valence-corrected chi connectivity index (χ2v) is 5.71. The van der Waals surface area contributed by atoms with E-state index in [9.17, 15) is 9.59 Å². The number of esters is 1. The Morgan fingerprint density at radius 2 is 2.00 bits per heavy atom. The molecule has 1 N–H and O–H groups in total. The zero-order valence-electron chi connectivity index (χ0n) is 13.3. The minimum atomic E-state index is -0.374. The molecule has 0 aliphatic carbocycles. The van der Waals surface area contributed by atoms with E-state index in [4.69, 9.17) is 4.74 Å². The largest absolute Gasteiger partial charge is 0.463 e. The number of pyridine rings is 1. The van der Waals surface area contributed by atoms with Gasteiger partial charge in [0, 0.05) is 18.0 Å². The third-order valence-electron chi connectivity index (χ3n) is 2.88. The van der Waals surface area contributed by atoms with Gasteiger partial charge >= 0.3 is 5.97 Å². The molecule has 5 nitrogen and oxygen atoms in total. The number of ether oxygens (including phenoxy) is 1. The Labute approximate surface area is 145 Å². The predicted molar refractivity (Wildman–Crippen MR) is 95.7 cm³/mol. The molecule has 1 aromatic heterocycles. The fraction of sp³-hybridized carbons (Fsp3) is 0.167. The van der Waals surface area contributed by atoms with Crippen molar-refractivity contribution in [2.45, 2.75) is 11.9 Å². The fourth-order valence-electron chi connectivity index (χ4n) is 1.80. The van der Waals surface area contributed by atoms with Gasteiger partial charge < -0.3 is 10.1 Å². The van der Waals surface area contributed by atoms with Gasteiger partial charge in [-0.15, -0.1) is 0 Å². The number of rotatable bonds is 7. The van der Waals surface area contributed by atoms with Gasteiger partial charge in [0.25, 0.3) is 0 Å². The van der Waals surface area contributed by atoms with Gasteiger partial charge in [0.1, 0.15) is 0 Å². The monoisotopic (exact) mass is 342 g/mol. The lowest BCUT2D eigenvalue weighted by molar-refractivity contribution is -0.137. The number of hydrogen-bond donors (Lipinski definition) is 1. The van der Waals surface area contributed by atoms with Crippen LogP contribution in [0, 0.1) is 0 Å². The highest BCUT2D eigenvalue weighted by atomic mass is 32.2. The van der Waals surface area contributed by atoms with E-state index in [0.717, 1.165) is 10.6 Å². The molecule has 0 unspecified atom stereocenters. The van der Waals surface area contributed by atoms with Gasteiger partial charge in [0.05, 0.1) is 17.4 Å². The van der Waals surface area contributed by atoms with Crippen molar-refractivity contribution in [3.8, 4) is 0 Å². The fourth-order valence-corrected chi connectivity index (χ4v) is 2.46. The first-order chi connectivity index (χ1) is 11.7. The van der Waals surface area contributed by atoms with Crippen molar-refractivity contribution in [2.24, 2.45) is 0 Å². The van der Waals surface area contributed by atoms with E-state index in [-0.39, 0.29) is 11.9 Å². The first-order valence-electron chi connectivity index (χ1n) is 7.46. The Kier molecular flexibility index (Phi) is 7.04. The maximum absolute atomic E-state index is 11.9. The predicted octanol–water partition coefficient (Wildman–Crippen LogP) is 3.39. The van der Waals surface area contributed by atoms with Crippen molar-refractivity contribution in [2.75, 3.05) is 17.7 Å². The van der Waals surface area contributed by atoms with Crippen molar-refractivity contribution >= 4 is 35.4 Å². The van der Waals surface area contributed by atoms with Crippen molar-refractivity contribution < 1.29 is 14.3 Å². The molecule has 2 rings (SSSR count). The smallest absolute Gasteiger partial charge is 0.330 e. The van der Waals surface area contributed by atoms with E-state index in [1.807, 2.05) is 30.3 Å². The quantitative estimate of drug-likeness (QED) is 0.474. The molecule has 0 saturated heterocycles. The highest BCUT2D eigenvalue weighted by Gasteiger charge is 2.04. The number of thioether (sulfide) groups is 1.